The normalized spacial score (nSPS) is 10.6. The molecule has 0 saturated carbocycles. The zero-order chi connectivity index (χ0) is 17.2. The van der Waals surface area contributed by atoms with Gasteiger partial charge in [0, 0.05) is 0 Å². The van der Waals surface area contributed by atoms with Crippen molar-refractivity contribution in [3.8, 4) is 28.3 Å². The smallest absolute Gasteiger partial charge is 0.0998 e. The zero-order valence-corrected chi connectivity index (χ0v) is 14.0. The largest absolute Gasteiger partial charge is 0.192 e. The quantitative estimate of drug-likeness (QED) is 0.422. The fraction of sp³-hybridized carbons (Fsp3) is 0.0417. The lowest BCUT2D eigenvalue weighted by molar-refractivity contribution is 1.47. The molecule has 0 spiro atoms. The fourth-order valence-corrected chi connectivity index (χ4v) is 3.41. The van der Waals surface area contributed by atoms with E-state index in [2.05, 4.69) is 73.7 Å². The maximum absolute atomic E-state index is 9.32. The molecule has 25 heavy (non-hydrogen) atoms. The van der Waals surface area contributed by atoms with Crippen LogP contribution >= 0.6 is 0 Å². The van der Waals surface area contributed by atoms with Crippen LogP contribution in [0.1, 0.15) is 11.1 Å². The van der Waals surface area contributed by atoms with Gasteiger partial charge in [-0.05, 0) is 51.6 Å². The molecule has 0 atom stereocenters. The van der Waals surface area contributed by atoms with Crippen molar-refractivity contribution in [1.82, 2.24) is 0 Å². The van der Waals surface area contributed by atoms with Crippen LogP contribution in [0.4, 0.5) is 0 Å². The third kappa shape index (κ3) is 2.69. The second kappa shape index (κ2) is 6.26. The van der Waals surface area contributed by atoms with E-state index in [0.717, 1.165) is 11.1 Å². The molecule has 0 aliphatic rings. The lowest BCUT2D eigenvalue weighted by Crippen LogP contribution is -1.88. The molecule has 1 heteroatoms. The SMILES string of the molecule is Cc1ccc2ccccc2c1-c1ccc(-c2ccccc2C#N)cc1. The van der Waals surface area contributed by atoms with Gasteiger partial charge in [-0.15, -0.1) is 0 Å². The molecule has 0 aliphatic heterocycles. The van der Waals surface area contributed by atoms with E-state index in [1.165, 1.54) is 27.5 Å². The van der Waals surface area contributed by atoms with E-state index in [0.29, 0.717) is 5.56 Å². The Morgan fingerprint density at radius 2 is 1.36 bits per heavy atom. The number of rotatable bonds is 2. The Kier molecular flexibility index (Phi) is 3.80. The van der Waals surface area contributed by atoms with E-state index < -0.39 is 0 Å². The van der Waals surface area contributed by atoms with Crippen molar-refractivity contribution in [3.05, 3.63) is 96.1 Å². The summed E-state index contributed by atoms with van der Waals surface area (Å²) in [6, 6.07) is 31.3. The van der Waals surface area contributed by atoms with Crippen molar-refractivity contribution in [2.45, 2.75) is 6.92 Å². The molecule has 0 aliphatic carbocycles. The first-order chi connectivity index (χ1) is 12.3. The van der Waals surface area contributed by atoms with Gasteiger partial charge in [-0.1, -0.05) is 78.9 Å². The molecule has 0 aromatic heterocycles. The van der Waals surface area contributed by atoms with E-state index in [-0.39, 0.29) is 0 Å². The number of hydrogen-bond acceptors (Lipinski definition) is 1. The van der Waals surface area contributed by atoms with Crippen molar-refractivity contribution in [2.24, 2.45) is 0 Å². The Bertz CT molecular complexity index is 1100. The summed E-state index contributed by atoms with van der Waals surface area (Å²) in [5, 5.41) is 11.8. The first-order valence-electron chi connectivity index (χ1n) is 8.36. The number of aryl methyl sites for hydroxylation is 1. The van der Waals surface area contributed by atoms with Gasteiger partial charge in [-0.25, -0.2) is 0 Å². The molecule has 118 valence electrons. The summed E-state index contributed by atoms with van der Waals surface area (Å²) in [5.41, 5.74) is 6.50. The third-order valence-corrected chi connectivity index (χ3v) is 4.67. The number of fused-ring (bicyclic) bond motifs is 1. The number of benzene rings is 4. The first-order valence-corrected chi connectivity index (χ1v) is 8.36. The standard InChI is InChI=1S/C24H17N/c1-17-10-11-18-6-2-5-9-23(18)24(17)20-14-12-19(13-15-20)22-8-4-3-7-21(22)16-25/h2-15H,1H3. The molecule has 4 rings (SSSR count). The topological polar surface area (TPSA) is 23.8 Å². The molecular formula is C24H17N. The van der Waals surface area contributed by atoms with Crippen LogP contribution in [0.3, 0.4) is 0 Å². The fourth-order valence-electron chi connectivity index (χ4n) is 3.41. The van der Waals surface area contributed by atoms with Crippen LogP contribution in [0, 0.1) is 18.3 Å². The van der Waals surface area contributed by atoms with Gasteiger partial charge in [-0.3, -0.25) is 0 Å². The summed E-state index contributed by atoms with van der Waals surface area (Å²) in [4.78, 5) is 0. The summed E-state index contributed by atoms with van der Waals surface area (Å²) >= 11 is 0. The van der Waals surface area contributed by atoms with Gasteiger partial charge in [0.25, 0.3) is 0 Å². The van der Waals surface area contributed by atoms with Gasteiger partial charge in [0.15, 0.2) is 0 Å². The van der Waals surface area contributed by atoms with Gasteiger partial charge in [-0.2, -0.15) is 5.26 Å². The molecule has 0 unspecified atom stereocenters. The van der Waals surface area contributed by atoms with E-state index in [4.69, 9.17) is 0 Å². The highest BCUT2D eigenvalue weighted by Gasteiger charge is 2.09. The Morgan fingerprint density at radius 1 is 0.680 bits per heavy atom. The zero-order valence-electron chi connectivity index (χ0n) is 14.0. The molecule has 0 amide bonds. The van der Waals surface area contributed by atoms with Gasteiger partial charge in [0.05, 0.1) is 11.6 Å². The van der Waals surface area contributed by atoms with Gasteiger partial charge in [0.2, 0.25) is 0 Å². The average molecular weight is 319 g/mol. The van der Waals surface area contributed by atoms with E-state index >= 15 is 0 Å². The Hall–Kier alpha value is -3.37. The molecular weight excluding hydrogens is 302 g/mol. The molecule has 4 aromatic carbocycles. The third-order valence-electron chi connectivity index (χ3n) is 4.67. The average Bonchev–Trinajstić information content (AvgIpc) is 2.68. The molecule has 0 fully saturated rings. The maximum atomic E-state index is 9.32. The first kappa shape index (κ1) is 15.2. The summed E-state index contributed by atoms with van der Waals surface area (Å²) in [5.74, 6) is 0. The van der Waals surface area contributed by atoms with Crippen LogP contribution in [-0.2, 0) is 0 Å². The van der Waals surface area contributed by atoms with E-state index in [1.54, 1.807) is 0 Å². The van der Waals surface area contributed by atoms with Crippen LogP contribution in [-0.4, -0.2) is 0 Å². The minimum absolute atomic E-state index is 0.705. The van der Waals surface area contributed by atoms with Crippen molar-refractivity contribution < 1.29 is 0 Å². The molecule has 0 radical (unpaired) electrons. The van der Waals surface area contributed by atoms with Crippen LogP contribution in [0.15, 0.2) is 84.9 Å². The highest BCUT2D eigenvalue weighted by atomic mass is 14.2. The second-order valence-corrected chi connectivity index (χ2v) is 6.21. The van der Waals surface area contributed by atoms with Crippen LogP contribution in [0.5, 0.6) is 0 Å². The molecule has 0 saturated heterocycles. The molecule has 0 N–H and O–H groups in total. The lowest BCUT2D eigenvalue weighted by Gasteiger charge is -2.12. The Labute approximate surface area is 147 Å². The predicted molar refractivity (Wildman–Crippen MR) is 104 cm³/mol. The summed E-state index contributed by atoms with van der Waals surface area (Å²) < 4.78 is 0. The highest BCUT2D eigenvalue weighted by Crippen LogP contribution is 2.33. The maximum Gasteiger partial charge on any atom is 0.0998 e. The van der Waals surface area contributed by atoms with Gasteiger partial charge >= 0.3 is 0 Å². The van der Waals surface area contributed by atoms with E-state index in [1.807, 2.05) is 24.3 Å². The highest BCUT2D eigenvalue weighted by molar-refractivity contribution is 5.98. The molecule has 0 bridgehead atoms. The monoisotopic (exact) mass is 319 g/mol. The summed E-state index contributed by atoms with van der Waals surface area (Å²) in [6.07, 6.45) is 0. The van der Waals surface area contributed by atoms with Crippen molar-refractivity contribution in [1.29, 1.82) is 5.26 Å². The van der Waals surface area contributed by atoms with E-state index in [9.17, 15) is 5.26 Å². The Morgan fingerprint density at radius 3 is 2.16 bits per heavy atom. The number of nitriles is 1. The molecule has 0 heterocycles. The van der Waals surface area contributed by atoms with Crippen LogP contribution in [0.25, 0.3) is 33.0 Å². The van der Waals surface area contributed by atoms with Crippen LogP contribution < -0.4 is 0 Å². The minimum Gasteiger partial charge on any atom is -0.192 e. The van der Waals surface area contributed by atoms with Gasteiger partial charge in [0.1, 0.15) is 0 Å². The molecule has 1 nitrogen and oxygen atoms in total. The van der Waals surface area contributed by atoms with Crippen molar-refractivity contribution in [3.63, 3.8) is 0 Å². The number of nitrogens with zero attached hydrogens (tertiary/aromatic N) is 1. The lowest BCUT2D eigenvalue weighted by atomic mass is 9.92. The number of hydrogen-bond donors (Lipinski definition) is 0. The summed E-state index contributed by atoms with van der Waals surface area (Å²) in [6.45, 7) is 2.15. The minimum atomic E-state index is 0.705. The summed E-state index contributed by atoms with van der Waals surface area (Å²) in [7, 11) is 0. The predicted octanol–water partition coefficient (Wildman–Crippen LogP) is 6.35. The van der Waals surface area contributed by atoms with Gasteiger partial charge < -0.3 is 0 Å². The Balaban J connectivity index is 1.85. The second-order valence-electron chi connectivity index (χ2n) is 6.21. The molecule has 4 aromatic rings. The van der Waals surface area contributed by atoms with Crippen LogP contribution in [0.2, 0.25) is 0 Å². The van der Waals surface area contributed by atoms with Crippen molar-refractivity contribution >= 4 is 10.8 Å². The van der Waals surface area contributed by atoms with Crippen molar-refractivity contribution in [2.75, 3.05) is 0 Å².